The van der Waals surface area contributed by atoms with Crippen molar-refractivity contribution in [2.75, 3.05) is 12.0 Å². The number of carbonyl (C=O) groups is 3. The lowest BCUT2D eigenvalue weighted by Crippen LogP contribution is -2.52. The Hall–Kier alpha value is -2.64. The number of rotatable bonds is 8. The number of anilines is 1. The standard InChI is InChI=1S/C25H30N2O4S/c1-15(2)13-20(25(30)31-4)27(24(29)16(3)26)19-11-7-6-10-18(19)23(28)22-14-17-9-5-8-12-21(17)32-22/h5-12,15-16,20,22H,13-14,26H2,1-4H3/t16?,20-,22-/m0/s1. The van der Waals surface area contributed by atoms with E-state index in [0.717, 1.165) is 10.5 Å². The van der Waals surface area contributed by atoms with Gasteiger partial charge in [-0.3, -0.25) is 14.5 Å². The van der Waals surface area contributed by atoms with E-state index in [2.05, 4.69) is 0 Å². The van der Waals surface area contributed by atoms with E-state index in [9.17, 15) is 14.4 Å². The van der Waals surface area contributed by atoms with E-state index in [1.165, 1.54) is 23.8 Å². The average molecular weight is 455 g/mol. The van der Waals surface area contributed by atoms with Gasteiger partial charge in [-0.15, -0.1) is 11.8 Å². The Bertz CT molecular complexity index is 980. The summed E-state index contributed by atoms with van der Waals surface area (Å²) >= 11 is 1.53. The second kappa shape index (κ2) is 10.3. The number of thioether (sulfide) groups is 1. The highest BCUT2D eigenvalue weighted by Crippen LogP contribution is 2.39. The number of fused-ring (bicyclic) bond motifs is 1. The van der Waals surface area contributed by atoms with E-state index in [1.807, 2.05) is 38.1 Å². The summed E-state index contributed by atoms with van der Waals surface area (Å²) in [4.78, 5) is 42.0. The van der Waals surface area contributed by atoms with Crippen LogP contribution in [0.4, 0.5) is 5.69 Å². The van der Waals surface area contributed by atoms with Gasteiger partial charge in [-0.05, 0) is 49.4 Å². The van der Waals surface area contributed by atoms with Gasteiger partial charge in [0.2, 0.25) is 5.91 Å². The van der Waals surface area contributed by atoms with Crippen molar-refractivity contribution in [3.05, 3.63) is 59.7 Å². The first-order valence-corrected chi connectivity index (χ1v) is 11.7. The predicted octanol–water partition coefficient (Wildman–Crippen LogP) is 3.85. The molecule has 0 radical (unpaired) electrons. The third kappa shape index (κ3) is 5.05. The summed E-state index contributed by atoms with van der Waals surface area (Å²) in [6, 6.07) is 13.2. The molecule has 170 valence electrons. The van der Waals surface area contributed by atoms with Gasteiger partial charge >= 0.3 is 5.97 Å². The predicted molar refractivity (Wildman–Crippen MR) is 127 cm³/mol. The number of nitrogens with zero attached hydrogens (tertiary/aromatic N) is 1. The Morgan fingerprint density at radius 1 is 1.09 bits per heavy atom. The van der Waals surface area contributed by atoms with Crippen LogP contribution in [0.2, 0.25) is 0 Å². The van der Waals surface area contributed by atoms with Crippen LogP contribution < -0.4 is 10.6 Å². The summed E-state index contributed by atoms with van der Waals surface area (Å²) < 4.78 is 5.03. The van der Waals surface area contributed by atoms with Gasteiger partial charge in [-0.2, -0.15) is 0 Å². The van der Waals surface area contributed by atoms with E-state index in [0.29, 0.717) is 24.1 Å². The minimum Gasteiger partial charge on any atom is -0.467 e. The smallest absolute Gasteiger partial charge is 0.328 e. The minimum absolute atomic E-state index is 0.0718. The highest BCUT2D eigenvalue weighted by Gasteiger charge is 2.37. The lowest BCUT2D eigenvalue weighted by Gasteiger charge is -2.33. The SMILES string of the molecule is COC(=O)[C@H](CC(C)C)N(C(=O)C(C)N)c1ccccc1C(=O)[C@@H]1Cc2ccccc2S1. The highest BCUT2D eigenvalue weighted by atomic mass is 32.2. The molecule has 2 aromatic carbocycles. The van der Waals surface area contributed by atoms with Gasteiger partial charge in [0.1, 0.15) is 6.04 Å². The number of hydrogen-bond donors (Lipinski definition) is 1. The summed E-state index contributed by atoms with van der Waals surface area (Å²) in [5.41, 5.74) is 7.90. The summed E-state index contributed by atoms with van der Waals surface area (Å²) in [5.74, 6) is -0.913. The molecule has 32 heavy (non-hydrogen) atoms. The van der Waals surface area contributed by atoms with Gasteiger partial charge < -0.3 is 10.5 Å². The van der Waals surface area contributed by atoms with E-state index in [-0.39, 0.29) is 17.0 Å². The number of methoxy groups -OCH3 is 1. The normalized spacial score (nSPS) is 16.9. The van der Waals surface area contributed by atoms with E-state index in [4.69, 9.17) is 10.5 Å². The summed E-state index contributed by atoms with van der Waals surface area (Å²) in [6.45, 7) is 5.51. The van der Waals surface area contributed by atoms with Gasteiger partial charge in [0.15, 0.2) is 5.78 Å². The lowest BCUT2D eigenvalue weighted by molar-refractivity contribution is -0.144. The summed E-state index contributed by atoms with van der Waals surface area (Å²) in [6.07, 6.45) is 1.01. The zero-order chi connectivity index (χ0) is 23.4. The zero-order valence-electron chi connectivity index (χ0n) is 18.9. The number of ketones is 1. The largest absolute Gasteiger partial charge is 0.467 e. The Labute approximate surface area is 193 Å². The monoisotopic (exact) mass is 454 g/mol. The van der Waals surface area contributed by atoms with Crippen molar-refractivity contribution in [1.29, 1.82) is 0 Å². The van der Waals surface area contributed by atoms with Crippen LogP contribution in [0.3, 0.4) is 0 Å². The quantitative estimate of drug-likeness (QED) is 0.481. The molecule has 1 unspecified atom stereocenters. The van der Waals surface area contributed by atoms with E-state index in [1.54, 1.807) is 31.2 Å². The van der Waals surface area contributed by atoms with E-state index < -0.39 is 24.0 Å². The van der Waals surface area contributed by atoms with Crippen LogP contribution in [-0.4, -0.2) is 42.1 Å². The maximum absolute atomic E-state index is 13.6. The fraction of sp³-hybridized carbons (Fsp3) is 0.400. The number of hydrogen-bond acceptors (Lipinski definition) is 6. The Morgan fingerprint density at radius 2 is 1.75 bits per heavy atom. The molecule has 0 saturated carbocycles. The number of nitrogens with two attached hydrogens (primary N) is 1. The highest BCUT2D eigenvalue weighted by molar-refractivity contribution is 8.01. The number of esters is 1. The molecule has 1 amide bonds. The van der Waals surface area contributed by atoms with Crippen molar-refractivity contribution < 1.29 is 19.1 Å². The Kier molecular flexibility index (Phi) is 7.74. The van der Waals surface area contributed by atoms with Crippen molar-refractivity contribution in [3.8, 4) is 0 Å². The average Bonchev–Trinajstić information content (AvgIpc) is 3.21. The van der Waals surface area contributed by atoms with E-state index >= 15 is 0 Å². The summed E-state index contributed by atoms with van der Waals surface area (Å²) in [7, 11) is 1.30. The second-order valence-corrected chi connectivity index (χ2v) is 9.71. The molecule has 0 fully saturated rings. The third-order valence-corrected chi connectivity index (χ3v) is 6.79. The van der Waals surface area contributed by atoms with Crippen molar-refractivity contribution in [3.63, 3.8) is 0 Å². The van der Waals surface area contributed by atoms with Gasteiger partial charge in [-0.1, -0.05) is 44.2 Å². The van der Waals surface area contributed by atoms with Crippen molar-refractivity contribution in [2.24, 2.45) is 11.7 Å². The second-order valence-electron chi connectivity index (χ2n) is 8.47. The fourth-order valence-corrected chi connectivity index (χ4v) is 5.21. The molecule has 2 N–H and O–H groups in total. The molecule has 0 aromatic heterocycles. The van der Waals surface area contributed by atoms with Crippen LogP contribution in [0, 0.1) is 5.92 Å². The minimum atomic E-state index is -0.874. The van der Waals surface area contributed by atoms with Crippen LogP contribution in [-0.2, 0) is 20.7 Å². The molecule has 0 aliphatic carbocycles. The number of carbonyl (C=O) groups excluding carboxylic acids is 3. The van der Waals surface area contributed by atoms with Gasteiger partial charge in [0, 0.05) is 10.5 Å². The number of para-hydroxylation sites is 1. The number of amides is 1. The van der Waals surface area contributed by atoms with Crippen molar-refractivity contribution >= 4 is 35.1 Å². The molecule has 3 atom stereocenters. The number of ether oxygens (including phenoxy) is 1. The molecule has 2 aromatic rings. The maximum Gasteiger partial charge on any atom is 0.328 e. The first-order valence-electron chi connectivity index (χ1n) is 10.8. The van der Waals surface area contributed by atoms with Gasteiger partial charge in [0.25, 0.3) is 0 Å². The fourth-order valence-electron chi connectivity index (χ4n) is 3.94. The maximum atomic E-state index is 13.6. The van der Waals surface area contributed by atoms with Crippen LogP contribution in [0.15, 0.2) is 53.4 Å². The molecule has 1 heterocycles. The molecule has 1 aliphatic rings. The molecule has 7 heteroatoms. The topological polar surface area (TPSA) is 89.7 Å². The van der Waals surface area contributed by atoms with Crippen molar-refractivity contribution in [1.82, 2.24) is 0 Å². The van der Waals surface area contributed by atoms with Crippen LogP contribution in [0.25, 0.3) is 0 Å². The first kappa shape index (κ1) is 24.0. The van der Waals surface area contributed by atoms with Gasteiger partial charge in [-0.25, -0.2) is 4.79 Å². The molecule has 0 spiro atoms. The molecule has 0 bridgehead atoms. The Balaban J connectivity index is 2.04. The molecule has 1 aliphatic heterocycles. The summed E-state index contributed by atoms with van der Waals surface area (Å²) in [5, 5.41) is -0.289. The zero-order valence-corrected chi connectivity index (χ0v) is 19.7. The van der Waals surface area contributed by atoms with Crippen molar-refractivity contribution in [2.45, 2.75) is 55.8 Å². The van der Waals surface area contributed by atoms with Crippen LogP contribution >= 0.6 is 11.8 Å². The molecule has 0 saturated heterocycles. The number of Topliss-reactive ketones (excluding diaryl/α,β-unsaturated/α-hetero) is 1. The molecule has 3 rings (SSSR count). The first-order chi connectivity index (χ1) is 15.2. The van der Waals surface area contributed by atoms with Crippen LogP contribution in [0.1, 0.15) is 43.1 Å². The van der Waals surface area contributed by atoms with Crippen LogP contribution in [0.5, 0.6) is 0 Å². The molecular formula is C25H30N2O4S. The third-order valence-electron chi connectivity index (χ3n) is 5.48. The Morgan fingerprint density at radius 3 is 2.38 bits per heavy atom. The number of benzene rings is 2. The molecule has 6 nitrogen and oxygen atoms in total. The van der Waals surface area contributed by atoms with Gasteiger partial charge in [0.05, 0.1) is 24.1 Å². The lowest BCUT2D eigenvalue weighted by atomic mass is 9.97. The molecular weight excluding hydrogens is 424 g/mol.